The first-order valence-electron chi connectivity index (χ1n) is 11.3. The SMILES string of the molecule is C[C@@H]1CC[C@H]2C(COCc3cccc(CO)n3)=C(C(F)(F)F)O[C@@H]3O[C@](C)(OO)CCC1C32. The Labute approximate surface area is 190 Å². The summed E-state index contributed by atoms with van der Waals surface area (Å²) in [6, 6.07) is 5.06. The Bertz CT molecular complexity index is 878. The second kappa shape index (κ2) is 9.50. The molecule has 184 valence electrons. The van der Waals surface area contributed by atoms with Gasteiger partial charge in [-0.3, -0.25) is 4.98 Å². The minimum absolute atomic E-state index is 0.00997. The molecule has 1 aromatic heterocycles. The first-order valence-corrected chi connectivity index (χ1v) is 11.3. The van der Waals surface area contributed by atoms with E-state index in [1.807, 2.05) is 0 Å². The van der Waals surface area contributed by atoms with Gasteiger partial charge >= 0.3 is 6.18 Å². The first kappa shape index (κ1) is 24.4. The lowest BCUT2D eigenvalue weighted by Gasteiger charge is -2.48. The van der Waals surface area contributed by atoms with Gasteiger partial charge in [-0.1, -0.05) is 13.0 Å². The van der Waals surface area contributed by atoms with E-state index < -0.39 is 29.9 Å². The fraction of sp³-hybridized carbons (Fsp3) is 0.696. The summed E-state index contributed by atoms with van der Waals surface area (Å²) in [5.41, 5.74) is 1.08. The molecule has 10 heteroatoms. The molecule has 2 aliphatic heterocycles. The number of alkyl halides is 3. The lowest BCUT2D eigenvalue weighted by molar-refractivity contribution is -0.427. The number of pyridine rings is 1. The number of aliphatic hydroxyl groups excluding tert-OH is 1. The minimum Gasteiger partial charge on any atom is -0.459 e. The highest BCUT2D eigenvalue weighted by molar-refractivity contribution is 5.23. The number of halogens is 3. The van der Waals surface area contributed by atoms with Gasteiger partial charge in [-0.2, -0.15) is 13.2 Å². The van der Waals surface area contributed by atoms with Gasteiger partial charge in [0, 0.05) is 17.9 Å². The van der Waals surface area contributed by atoms with Gasteiger partial charge < -0.3 is 19.3 Å². The molecule has 0 aromatic carbocycles. The van der Waals surface area contributed by atoms with E-state index in [1.54, 1.807) is 18.2 Å². The molecule has 4 rings (SSSR count). The predicted octanol–water partition coefficient (Wildman–Crippen LogP) is 4.56. The third kappa shape index (κ3) is 5.05. The summed E-state index contributed by atoms with van der Waals surface area (Å²) in [5.74, 6) is -2.88. The van der Waals surface area contributed by atoms with Crippen molar-refractivity contribution >= 4 is 0 Å². The van der Waals surface area contributed by atoms with Gasteiger partial charge in [0.2, 0.25) is 17.8 Å². The first-order chi connectivity index (χ1) is 15.6. The van der Waals surface area contributed by atoms with Gasteiger partial charge in [0.05, 0.1) is 31.2 Å². The molecular formula is C23H30F3NO6. The molecule has 7 nitrogen and oxygen atoms in total. The molecule has 1 saturated heterocycles. The molecule has 2 fully saturated rings. The van der Waals surface area contributed by atoms with Crippen molar-refractivity contribution in [3.8, 4) is 0 Å². The van der Waals surface area contributed by atoms with Gasteiger partial charge in [-0.05, 0) is 56.1 Å². The van der Waals surface area contributed by atoms with Crippen molar-refractivity contribution < 1.29 is 42.6 Å². The van der Waals surface area contributed by atoms with Crippen LogP contribution in [0.4, 0.5) is 13.2 Å². The van der Waals surface area contributed by atoms with Gasteiger partial charge in [-0.15, -0.1) is 0 Å². The number of aliphatic hydroxyl groups is 1. The summed E-state index contributed by atoms with van der Waals surface area (Å²) < 4.78 is 59.2. The molecule has 2 unspecified atom stereocenters. The van der Waals surface area contributed by atoms with E-state index in [0.717, 1.165) is 6.42 Å². The van der Waals surface area contributed by atoms with E-state index in [-0.39, 0.29) is 43.1 Å². The topological polar surface area (TPSA) is 90.3 Å². The summed E-state index contributed by atoms with van der Waals surface area (Å²) in [7, 11) is 0. The van der Waals surface area contributed by atoms with Gasteiger partial charge in [-0.25, -0.2) is 10.1 Å². The molecule has 0 amide bonds. The van der Waals surface area contributed by atoms with Crippen molar-refractivity contribution in [3.05, 3.63) is 40.9 Å². The maximum absolute atomic E-state index is 14.1. The number of aromatic nitrogens is 1. The molecule has 1 aliphatic carbocycles. The van der Waals surface area contributed by atoms with E-state index in [4.69, 9.17) is 14.2 Å². The third-order valence-electron chi connectivity index (χ3n) is 7.19. The van der Waals surface area contributed by atoms with Crippen LogP contribution < -0.4 is 0 Å². The van der Waals surface area contributed by atoms with Crippen LogP contribution in [0.1, 0.15) is 50.9 Å². The van der Waals surface area contributed by atoms with E-state index in [2.05, 4.69) is 16.8 Å². The zero-order chi connectivity index (χ0) is 23.8. The minimum atomic E-state index is -4.72. The normalized spacial score (nSPS) is 34.5. The lowest BCUT2D eigenvalue weighted by Crippen LogP contribution is -2.49. The van der Waals surface area contributed by atoms with Crippen LogP contribution in [0, 0.1) is 23.7 Å². The highest BCUT2D eigenvalue weighted by Crippen LogP contribution is 2.54. The quantitative estimate of drug-likeness (QED) is 0.463. The Morgan fingerprint density at radius 3 is 2.64 bits per heavy atom. The summed E-state index contributed by atoms with van der Waals surface area (Å²) in [4.78, 5) is 8.74. The number of allylic oxidation sites excluding steroid dienone is 1. The maximum Gasteiger partial charge on any atom is 0.449 e. The average molecular weight is 473 g/mol. The van der Waals surface area contributed by atoms with E-state index in [0.29, 0.717) is 30.7 Å². The van der Waals surface area contributed by atoms with Crippen molar-refractivity contribution in [2.75, 3.05) is 6.61 Å². The summed E-state index contributed by atoms with van der Waals surface area (Å²) in [6.45, 7) is 3.14. The zero-order valence-corrected chi connectivity index (χ0v) is 18.7. The largest absolute Gasteiger partial charge is 0.459 e. The van der Waals surface area contributed by atoms with Gasteiger partial charge in [0.25, 0.3) is 0 Å². The van der Waals surface area contributed by atoms with Crippen molar-refractivity contribution in [2.24, 2.45) is 23.7 Å². The number of hydrogen-bond acceptors (Lipinski definition) is 7. The Morgan fingerprint density at radius 2 is 1.94 bits per heavy atom. The predicted molar refractivity (Wildman–Crippen MR) is 109 cm³/mol. The van der Waals surface area contributed by atoms with E-state index in [1.165, 1.54) is 6.92 Å². The molecule has 1 saturated carbocycles. The van der Waals surface area contributed by atoms with Crippen LogP contribution in [-0.2, 0) is 32.3 Å². The Morgan fingerprint density at radius 1 is 1.18 bits per heavy atom. The number of ether oxygens (including phenoxy) is 3. The lowest BCUT2D eigenvalue weighted by atomic mass is 9.62. The fourth-order valence-corrected chi connectivity index (χ4v) is 5.53. The smallest absolute Gasteiger partial charge is 0.449 e. The maximum atomic E-state index is 14.1. The fourth-order valence-electron chi connectivity index (χ4n) is 5.53. The second-order valence-electron chi connectivity index (χ2n) is 9.39. The third-order valence-corrected chi connectivity index (χ3v) is 7.19. The van der Waals surface area contributed by atoms with Crippen LogP contribution in [-0.4, -0.2) is 40.2 Å². The van der Waals surface area contributed by atoms with Crippen LogP contribution in [0.15, 0.2) is 29.5 Å². The van der Waals surface area contributed by atoms with Gasteiger partial charge in [0.1, 0.15) is 0 Å². The van der Waals surface area contributed by atoms with Crippen molar-refractivity contribution in [3.63, 3.8) is 0 Å². The molecule has 1 aromatic rings. The monoisotopic (exact) mass is 473 g/mol. The van der Waals surface area contributed by atoms with Crippen LogP contribution in [0.25, 0.3) is 0 Å². The highest BCUT2D eigenvalue weighted by Gasteiger charge is 2.56. The number of nitrogens with zero attached hydrogens (tertiary/aromatic N) is 1. The standard InChI is InChI=1S/C23H30F3NO6/c1-13-6-7-17-18(12-30-11-15-5-3-4-14(10-28)27-15)20(23(24,25)26)31-21-19(17)16(13)8-9-22(2,32-21)33-29/h3-5,13,16-17,19,21,28-29H,6-12H2,1-2H3/t13-,16?,17+,19?,21-,22-/m1/s1. The van der Waals surface area contributed by atoms with E-state index in [9.17, 15) is 23.5 Å². The summed E-state index contributed by atoms with van der Waals surface area (Å²) in [5, 5.41) is 18.6. The van der Waals surface area contributed by atoms with Crippen molar-refractivity contribution in [2.45, 2.75) is 71.0 Å². The van der Waals surface area contributed by atoms with Crippen LogP contribution in [0.3, 0.4) is 0 Å². The molecule has 0 spiro atoms. The molecule has 2 N–H and O–H groups in total. The van der Waals surface area contributed by atoms with E-state index >= 15 is 0 Å². The molecule has 3 heterocycles. The Balaban J connectivity index is 1.62. The number of rotatable bonds is 6. The molecule has 3 aliphatic rings. The van der Waals surface area contributed by atoms with Gasteiger partial charge in [0.15, 0.2) is 0 Å². The molecule has 33 heavy (non-hydrogen) atoms. The Hall–Kier alpha value is -1.72. The Kier molecular flexibility index (Phi) is 7.02. The molecule has 0 radical (unpaired) electrons. The summed E-state index contributed by atoms with van der Waals surface area (Å²) >= 11 is 0. The van der Waals surface area contributed by atoms with Crippen molar-refractivity contribution in [1.82, 2.24) is 4.98 Å². The molecule has 0 bridgehead atoms. The van der Waals surface area contributed by atoms with Crippen LogP contribution in [0.5, 0.6) is 0 Å². The molecular weight excluding hydrogens is 443 g/mol. The van der Waals surface area contributed by atoms with Crippen LogP contribution in [0.2, 0.25) is 0 Å². The second-order valence-corrected chi connectivity index (χ2v) is 9.39. The summed E-state index contributed by atoms with van der Waals surface area (Å²) in [6.07, 6.45) is -3.55. The average Bonchev–Trinajstić information content (AvgIpc) is 2.94. The molecule has 6 atom stereocenters. The number of hydrogen-bond donors (Lipinski definition) is 2. The highest BCUT2D eigenvalue weighted by atomic mass is 19.4. The zero-order valence-electron chi connectivity index (χ0n) is 18.7. The van der Waals surface area contributed by atoms with Crippen molar-refractivity contribution in [1.29, 1.82) is 0 Å². The van der Waals surface area contributed by atoms with Crippen LogP contribution >= 0.6 is 0 Å².